The van der Waals surface area contributed by atoms with Gasteiger partial charge in [0.25, 0.3) is 0 Å². The molecule has 1 radical (unpaired) electrons. The second-order valence-corrected chi connectivity index (χ2v) is 2.12. The molecule has 0 aromatic heterocycles. The molecule has 0 aromatic carbocycles. The van der Waals surface area contributed by atoms with E-state index in [4.69, 9.17) is 0 Å². The van der Waals surface area contributed by atoms with Crippen LogP contribution in [0, 0.1) is 28.2 Å². The third-order valence-electron chi connectivity index (χ3n) is 0. The van der Waals surface area contributed by atoms with Gasteiger partial charge in [0.15, 0.2) is 0 Å². The molecular weight excluding hydrogens is 331 g/mol. The van der Waals surface area contributed by atoms with E-state index in [1.807, 2.05) is 13.3 Å². The molecule has 0 spiro atoms. The minimum atomic E-state index is 0. The fraction of sp³-hybridized carbons (Fsp3) is 0.333. The first kappa shape index (κ1) is 31.2. The van der Waals surface area contributed by atoms with Crippen LogP contribution in [0.4, 0.5) is 0 Å². The van der Waals surface area contributed by atoms with Crippen molar-refractivity contribution in [3.63, 3.8) is 0 Å². The van der Waals surface area contributed by atoms with E-state index in [1.54, 1.807) is 0 Å². The topological polar surface area (TPSA) is 0 Å². The summed E-state index contributed by atoms with van der Waals surface area (Å²) in [5.41, 5.74) is 0. The molecule has 0 bridgehead atoms. The van der Waals surface area contributed by atoms with E-state index in [9.17, 15) is 0 Å². The van der Waals surface area contributed by atoms with Crippen molar-refractivity contribution in [3.05, 3.63) is 28.2 Å². The van der Waals surface area contributed by atoms with Crippen molar-refractivity contribution in [2.24, 2.45) is 0 Å². The molecule has 0 fully saturated rings. The summed E-state index contributed by atoms with van der Waals surface area (Å²) < 4.78 is 0. The molecule has 0 saturated carbocycles. The molecule has 0 heterocycles. The standard InChI is InChI=1S/2C2H6P.2CH3.Au/c2*1-3-2;;;/h2*3H,1H2,2H3;2*1H3;/q4*-1;/i;;;;1+0. The number of hydrogen-bond donors (Lipinski definition) is 0. The second kappa shape index (κ2) is 54.8. The van der Waals surface area contributed by atoms with E-state index in [1.165, 1.54) is 0 Å². The van der Waals surface area contributed by atoms with Gasteiger partial charge in [-0.05, 0) is 0 Å². The van der Waals surface area contributed by atoms with Gasteiger partial charge >= 0.3 is 0 Å². The monoisotopic (exact) mass is 349 g/mol. The van der Waals surface area contributed by atoms with Gasteiger partial charge in [-0.3, -0.25) is 17.2 Å². The van der Waals surface area contributed by atoms with Gasteiger partial charge in [0.05, 0.1) is 0 Å². The van der Waals surface area contributed by atoms with Crippen molar-refractivity contribution in [3.8, 4) is 0 Å². The molecule has 9 heavy (non-hydrogen) atoms. The summed E-state index contributed by atoms with van der Waals surface area (Å²) in [7, 11) is 1.67. The molecule has 3 heteroatoms. The van der Waals surface area contributed by atoms with Crippen molar-refractivity contribution >= 4 is 17.2 Å². The van der Waals surface area contributed by atoms with Gasteiger partial charge < -0.3 is 28.2 Å². The smallest absolute Gasteiger partial charge is 0 e. The second-order valence-electron chi connectivity index (χ2n) is 0.707. The van der Waals surface area contributed by atoms with Gasteiger partial charge in [-0.15, -0.1) is 0 Å². The predicted molar refractivity (Wildman–Crippen MR) is 52.0 cm³/mol. The summed E-state index contributed by atoms with van der Waals surface area (Å²) in [6, 6.07) is 0. The Labute approximate surface area is 81.0 Å². The summed E-state index contributed by atoms with van der Waals surface area (Å²) in [5.74, 6) is 0. The van der Waals surface area contributed by atoms with E-state index < -0.39 is 0 Å². The summed E-state index contributed by atoms with van der Waals surface area (Å²) in [6.07, 6.45) is 0. The van der Waals surface area contributed by atoms with E-state index in [-0.39, 0.29) is 37.2 Å². The van der Waals surface area contributed by atoms with E-state index in [0.717, 1.165) is 17.2 Å². The molecule has 67 valence electrons. The number of hydrogen-bond acceptors (Lipinski definition) is 0. The maximum atomic E-state index is 3.51. The fourth-order valence-corrected chi connectivity index (χ4v) is 0. The van der Waals surface area contributed by atoms with Gasteiger partial charge in [0.1, 0.15) is 0 Å². The van der Waals surface area contributed by atoms with Crippen LogP contribution in [-0.2, 0) is 22.4 Å². The minimum Gasteiger partial charge on any atom is -0.358 e. The van der Waals surface area contributed by atoms with Crippen molar-refractivity contribution in [1.29, 1.82) is 0 Å². The van der Waals surface area contributed by atoms with E-state index >= 15 is 0 Å². The third-order valence-corrected chi connectivity index (χ3v) is 0. The van der Waals surface area contributed by atoms with Gasteiger partial charge in [-0.1, -0.05) is 13.3 Å². The third kappa shape index (κ3) is 217. The van der Waals surface area contributed by atoms with Crippen LogP contribution in [-0.4, -0.2) is 13.3 Å². The molecule has 0 aliphatic rings. The summed E-state index contributed by atoms with van der Waals surface area (Å²) in [5, 5.41) is 0. The minimum absolute atomic E-state index is 0. The Hall–Kier alpha value is 1.60. The van der Waals surface area contributed by atoms with Crippen molar-refractivity contribution in [1.82, 2.24) is 0 Å². The Morgan fingerprint density at radius 2 is 0.889 bits per heavy atom. The molecule has 2 atom stereocenters. The molecule has 0 aliphatic heterocycles. The molecular formula is C6H18AuP2-4. The zero-order valence-electron chi connectivity index (χ0n) is 6.72. The molecule has 0 nitrogen and oxygen atoms in total. The van der Waals surface area contributed by atoms with Crippen LogP contribution in [0.3, 0.4) is 0 Å². The van der Waals surface area contributed by atoms with E-state index in [2.05, 4.69) is 13.3 Å². The van der Waals surface area contributed by atoms with Gasteiger partial charge in [0, 0.05) is 22.4 Å². The van der Waals surface area contributed by atoms with Crippen LogP contribution < -0.4 is 0 Å². The maximum Gasteiger partial charge on any atom is 0 e. The first-order valence-electron chi connectivity index (χ1n) is 1.71. The van der Waals surface area contributed by atoms with Gasteiger partial charge in [0.2, 0.25) is 0 Å². The fourth-order valence-electron chi connectivity index (χ4n) is 0. The molecule has 0 aromatic rings. The largest absolute Gasteiger partial charge is 0.358 e. The molecule has 0 N–H and O–H groups in total. The zero-order valence-corrected chi connectivity index (χ0v) is 10.9. The van der Waals surface area contributed by atoms with Crippen LogP contribution in [0.25, 0.3) is 0 Å². The summed E-state index contributed by atoms with van der Waals surface area (Å²) in [6.45, 7) is 11.1. The van der Waals surface area contributed by atoms with Crippen LogP contribution in [0.5, 0.6) is 0 Å². The molecule has 0 rings (SSSR count). The Morgan fingerprint density at radius 1 is 0.889 bits per heavy atom. The summed E-state index contributed by atoms with van der Waals surface area (Å²) in [4.78, 5) is 0. The first-order valence-corrected chi connectivity index (χ1v) is 5.12. The van der Waals surface area contributed by atoms with Gasteiger partial charge in [-0.25, -0.2) is 0 Å². The molecule has 0 saturated heterocycles. The summed E-state index contributed by atoms with van der Waals surface area (Å²) >= 11 is 0. The van der Waals surface area contributed by atoms with E-state index in [0.29, 0.717) is 0 Å². The SMILES string of the molecule is [197Au].[CH2-]PC.[CH2-]PC.[CH3-].[CH3-]. The molecule has 2 unspecified atom stereocenters. The van der Waals surface area contributed by atoms with Crippen molar-refractivity contribution < 1.29 is 22.4 Å². The van der Waals surface area contributed by atoms with Crippen LogP contribution >= 0.6 is 17.2 Å². The molecule has 0 aliphatic carbocycles. The van der Waals surface area contributed by atoms with Crippen molar-refractivity contribution in [2.75, 3.05) is 13.3 Å². The Balaban J connectivity index is -0.00000000889. The van der Waals surface area contributed by atoms with Crippen molar-refractivity contribution in [2.45, 2.75) is 0 Å². The number of rotatable bonds is 0. The average molecular weight is 349 g/mol. The zero-order chi connectivity index (χ0) is 5.41. The maximum absolute atomic E-state index is 3.51. The first-order chi connectivity index (χ1) is 2.83. The van der Waals surface area contributed by atoms with Gasteiger partial charge in [-0.2, -0.15) is 0 Å². The Morgan fingerprint density at radius 3 is 0.889 bits per heavy atom. The van der Waals surface area contributed by atoms with Crippen LogP contribution in [0.15, 0.2) is 0 Å². The quantitative estimate of drug-likeness (QED) is 0.358. The Kier molecular flexibility index (Phi) is 190. The molecule has 0 amide bonds. The van der Waals surface area contributed by atoms with Crippen LogP contribution in [0.2, 0.25) is 0 Å². The van der Waals surface area contributed by atoms with Crippen LogP contribution in [0.1, 0.15) is 0 Å². The normalized spacial score (nSPS) is 6.67. The average Bonchev–Trinajstić information content (AvgIpc) is 1.39. The predicted octanol–water partition coefficient (Wildman–Crippen LogP) is 3.07. The Bertz CT molecular complexity index is 13.0.